The molecule has 1 aromatic rings. The van der Waals surface area contributed by atoms with Gasteiger partial charge in [-0.1, -0.05) is 30.3 Å². The van der Waals surface area contributed by atoms with Crippen molar-refractivity contribution in [3.8, 4) is 0 Å². The first-order valence-electron chi connectivity index (χ1n) is 4.76. The van der Waals surface area contributed by atoms with Crippen molar-refractivity contribution in [2.75, 3.05) is 20.6 Å². The van der Waals surface area contributed by atoms with Gasteiger partial charge in [0.2, 0.25) is 5.91 Å². The van der Waals surface area contributed by atoms with Crippen LogP contribution in [0.2, 0.25) is 0 Å². The Hall–Kier alpha value is -1.39. The monoisotopic (exact) mass is 207 g/mol. The molecule has 1 rings (SSSR count). The molecule has 1 unspecified atom stereocenters. The molecule has 0 saturated carbocycles. The lowest BCUT2D eigenvalue weighted by Gasteiger charge is -2.29. The highest BCUT2D eigenvalue weighted by Gasteiger charge is 2.34. The summed E-state index contributed by atoms with van der Waals surface area (Å²) < 4.78 is 0. The van der Waals surface area contributed by atoms with Gasteiger partial charge in [0.1, 0.15) is 5.54 Å². The van der Waals surface area contributed by atoms with Crippen molar-refractivity contribution in [2.45, 2.75) is 5.54 Å². The fraction of sp³-hybridized carbons (Fsp3) is 0.364. The van der Waals surface area contributed by atoms with Gasteiger partial charge in [-0.25, -0.2) is 0 Å². The molecule has 1 amide bonds. The van der Waals surface area contributed by atoms with Gasteiger partial charge in [-0.3, -0.25) is 4.79 Å². The number of primary amides is 1. The topological polar surface area (TPSA) is 72.3 Å². The molecular formula is C11H17N3O. The molecule has 0 aliphatic rings. The molecule has 4 heteroatoms. The average Bonchev–Trinajstić information content (AvgIpc) is 2.17. The van der Waals surface area contributed by atoms with Crippen LogP contribution in [0.3, 0.4) is 0 Å². The Kier molecular flexibility index (Phi) is 3.44. The van der Waals surface area contributed by atoms with Crippen LogP contribution >= 0.6 is 0 Å². The lowest BCUT2D eigenvalue weighted by Crippen LogP contribution is -2.55. The summed E-state index contributed by atoms with van der Waals surface area (Å²) in [6.45, 7) is 0.395. The van der Waals surface area contributed by atoms with Crippen LogP contribution in [0.4, 0.5) is 0 Å². The zero-order chi connectivity index (χ0) is 11.5. The van der Waals surface area contributed by atoms with E-state index in [2.05, 4.69) is 0 Å². The fourth-order valence-electron chi connectivity index (χ4n) is 1.55. The molecule has 0 spiro atoms. The average molecular weight is 207 g/mol. The van der Waals surface area contributed by atoms with Crippen LogP contribution in [-0.2, 0) is 10.3 Å². The van der Waals surface area contributed by atoms with E-state index in [0.717, 1.165) is 5.56 Å². The number of nitrogens with two attached hydrogens (primary N) is 2. The van der Waals surface area contributed by atoms with Crippen LogP contribution in [0.25, 0.3) is 0 Å². The van der Waals surface area contributed by atoms with E-state index in [4.69, 9.17) is 11.5 Å². The molecular weight excluding hydrogens is 190 g/mol. The smallest absolute Gasteiger partial charge is 0.243 e. The molecule has 0 radical (unpaired) electrons. The number of amides is 1. The normalized spacial score (nSPS) is 14.9. The van der Waals surface area contributed by atoms with Gasteiger partial charge in [-0.15, -0.1) is 0 Å². The Balaban J connectivity index is 3.07. The molecule has 82 valence electrons. The molecule has 1 atom stereocenters. The van der Waals surface area contributed by atoms with Gasteiger partial charge in [-0.2, -0.15) is 0 Å². The van der Waals surface area contributed by atoms with Crippen molar-refractivity contribution in [3.05, 3.63) is 35.9 Å². The van der Waals surface area contributed by atoms with Crippen LogP contribution in [0.1, 0.15) is 5.56 Å². The molecule has 4 N–H and O–H groups in total. The number of carbonyl (C=O) groups excluding carboxylic acids is 1. The number of rotatable bonds is 4. The third-order valence-corrected chi connectivity index (χ3v) is 2.29. The zero-order valence-electron chi connectivity index (χ0n) is 9.10. The van der Waals surface area contributed by atoms with Gasteiger partial charge < -0.3 is 16.4 Å². The Morgan fingerprint density at radius 2 is 1.87 bits per heavy atom. The van der Waals surface area contributed by atoms with Crippen LogP contribution in [0.15, 0.2) is 30.3 Å². The van der Waals surface area contributed by atoms with Crippen molar-refractivity contribution in [3.63, 3.8) is 0 Å². The van der Waals surface area contributed by atoms with Gasteiger partial charge in [0, 0.05) is 6.54 Å². The largest absolute Gasteiger partial charge is 0.368 e. The van der Waals surface area contributed by atoms with Crippen molar-refractivity contribution >= 4 is 5.91 Å². The summed E-state index contributed by atoms with van der Waals surface area (Å²) in [4.78, 5) is 13.3. The fourth-order valence-corrected chi connectivity index (χ4v) is 1.55. The van der Waals surface area contributed by atoms with E-state index in [-0.39, 0.29) is 0 Å². The minimum atomic E-state index is -1.12. The highest BCUT2D eigenvalue weighted by molar-refractivity contribution is 5.86. The standard InChI is InChI=1S/C11H17N3O/c1-14(2)8-11(13,10(12)15)9-6-4-3-5-7-9/h3-7H,8,13H2,1-2H3,(H2,12,15). The lowest BCUT2D eigenvalue weighted by atomic mass is 9.90. The van der Waals surface area contributed by atoms with E-state index >= 15 is 0 Å². The maximum Gasteiger partial charge on any atom is 0.243 e. The van der Waals surface area contributed by atoms with Crippen molar-refractivity contribution in [2.24, 2.45) is 11.5 Å². The number of hydrogen-bond acceptors (Lipinski definition) is 3. The van der Waals surface area contributed by atoms with E-state index < -0.39 is 11.4 Å². The molecule has 1 aromatic carbocycles. The SMILES string of the molecule is CN(C)CC(N)(C(N)=O)c1ccccc1. The minimum absolute atomic E-state index is 0.395. The van der Waals surface area contributed by atoms with Crippen LogP contribution in [0.5, 0.6) is 0 Å². The van der Waals surface area contributed by atoms with E-state index in [0.29, 0.717) is 6.54 Å². The first kappa shape index (κ1) is 11.7. The summed E-state index contributed by atoms with van der Waals surface area (Å²) in [6, 6.07) is 9.19. The van der Waals surface area contributed by atoms with Gasteiger partial charge in [0.05, 0.1) is 0 Å². The molecule has 0 aliphatic carbocycles. The highest BCUT2D eigenvalue weighted by Crippen LogP contribution is 2.18. The second-order valence-corrected chi connectivity index (χ2v) is 3.94. The molecule has 0 bridgehead atoms. The maximum absolute atomic E-state index is 11.4. The summed E-state index contributed by atoms with van der Waals surface area (Å²) in [5, 5.41) is 0. The quantitative estimate of drug-likeness (QED) is 0.723. The summed E-state index contributed by atoms with van der Waals surface area (Å²) in [5.41, 5.74) is 11.0. The number of carbonyl (C=O) groups is 1. The third-order valence-electron chi connectivity index (χ3n) is 2.29. The van der Waals surface area contributed by atoms with Gasteiger partial charge in [0.15, 0.2) is 0 Å². The Bertz CT molecular complexity index is 337. The van der Waals surface area contributed by atoms with Gasteiger partial charge in [-0.05, 0) is 19.7 Å². The second-order valence-electron chi connectivity index (χ2n) is 3.94. The number of nitrogens with zero attached hydrogens (tertiary/aromatic N) is 1. The number of hydrogen-bond donors (Lipinski definition) is 2. The summed E-state index contributed by atoms with van der Waals surface area (Å²) in [6.07, 6.45) is 0. The molecule has 0 saturated heterocycles. The highest BCUT2D eigenvalue weighted by atomic mass is 16.1. The van der Waals surface area contributed by atoms with E-state index in [1.807, 2.05) is 49.3 Å². The predicted octanol–water partition coefficient (Wildman–Crippen LogP) is -0.112. The van der Waals surface area contributed by atoms with E-state index in [9.17, 15) is 4.79 Å². The first-order chi connectivity index (χ1) is 6.97. The molecule has 0 aliphatic heterocycles. The maximum atomic E-state index is 11.4. The Labute approximate surface area is 89.9 Å². The van der Waals surface area contributed by atoms with Gasteiger partial charge >= 0.3 is 0 Å². The molecule has 0 aromatic heterocycles. The molecule has 15 heavy (non-hydrogen) atoms. The van der Waals surface area contributed by atoms with Crippen LogP contribution in [-0.4, -0.2) is 31.4 Å². The summed E-state index contributed by atoms with van der Waals surface area (Å²) in [7, 11) is 3.71. The summed E-state index contributed by atoms with van der Waals surface area (Å²) in [5.74, 6) is -0.512. The van der Waals surface area contributed by atoms with Gasteiger partial charge in [0.25, 0.3) is 0 Å². The Morgan fingerprint density at radius 3 is 2.27 bits per heavy atom. The van der Waals surface area contributed by atoms with Crippen molar-refractivity contribution in [1.82, 2.24) is 4.90 Å². The second kappa shape index (κ2) is 4.42. The van der Waals surface area contributed by atoms with E-state index in [1.54, 1.807) is 0 Å². The molecule has 4 nitrogen and oxygen atoms in total. The minimum Gasteiger partial charge on any atom is -0.368 e. The van der Waals surface area contributed by atoms with Crippen molar-refractivity contribution in [1.29, 1.82) is 0 Å². The first-order valence-corrected chi connectivity index (χ1v) is 4.76. The molecule has 0 fully saturated rings. The van der Waals surface area contributed by atoms with Crippen molar-refractivity contribution < 1.29 is 4.79 Å². The number of benzene rings is 1. The van der Waals surface area contributed by atoms with Crippen LogP contribution < -0.4 is 11.5 Å². The Morgan fingerprint density at radius 1 is 1.33 bits per heavy atom. The van der Waals surface area contributed by atoms with Crippen LogP contribution in [0, 0.1) is 0 Å². The lowest BCUT2D eigenvalue weighted by molar-refractivity contribution is -0.124. The third kappa shape index (κ3) is 2.55. The van der Waals surface area contributed by atoms with E-state index in [1.165, 1.54) is 0 Å². The summed E-state index contributed by atoms with van der Waals surface area (Å²) >= 11 is 0. The predicted molar refractivity (Wildman–Crippen MR) is 60.1 cm³/mol. The zero-order valence-corrected chi connectivity index (χ0v) is 9.10. The number of likely N-dealkylation sites (N-methyl/N-ethyl adjacent to an activating group) is 1. The molecule has 0 heterocycles.